The van der Waals surface area contributed by atoms with E-state index in [1.165, 1.54) is 6.07 Å². The molecule has 0 spiro atoms. The number of phenolic OH excluding ortho intramolecular Hbond substituents is 1. The van der Waals surface area contributed by atoms with Gasteiger partial charge in [0.2, 0.25) is 0 Å². The minimum Gasteiger partial charge on any atom is -0.506 e. The van der Waals surface area contributed by atoms with Gasteiger partial charge >= 0.3 is 10.2 Å². The van der Waals surface area contributed by atoms with Crippen molar-refractivity contribution in [2.75, 3.05) is 17.4 Å². The molecule has 0 radical (unpaired) electrons. The van der Waals surface area contributed by atoms with E-state index >= 15 is 0 Å². The van der Waals surface area contributed by atoms with E-state index in [9.17, 15) is 22.7 Å². The maximum absolute atomic E-state index is 14.6. The molecule has 0 bridgehead atoms. The first-order chi connectivity index (χ1) is 10.8. The lowest BCUT2D eigenvalue weighted by Gasteiger charge is -2.17. The van der Waals surface area contributed by atoms with Crippen molar-refractivity contribution in [2.45, 2.75) is 6.42 Å². The molecule has 4 N–H and O–H groups in total. The first-order valence-corrected chi connectivity index (χ1v) is 8.34. The number of carbonyl (C=O) groups excluding carboxylic acids is 1. The van der Waals surface area contributed by atoms with Crippen LogP contribution in [0.1, 0.15) is 12.0 Å². The Kier molecular flexibility index (Phi) is 3.66. The number of aromatic hydroxyl groups is 1. The molecule has 1 heterocycles. The zero-order chi connectivity index (χ0) is 16.8. The Labute approximate surface area is 132 Å². The third-order valence-electron chi connectivity index (χ3n) is 3.78. The average molecular weight is 339 g/mol. The van der Waals surface area contributed by atoms with Crippen LogP contribution in [0.25, 0.3) is 0 Å². The van der Waals surface area contributed by atoms with E-state index in [-0.39, 0.29) is 11.5 Å². The van der Waals surface area contributed by atoms with Crippen LogP contribution in [0.15, 0.2) is 12.1 Å². The Morgan fingerprint density at radius 3 is 2.78 bits per heavy atom. The number of nitrogens with one attached hydrogen (secondary N) is 1. The van der Waals surface area contributed by atoms with Gasteiger partial charge in [-0.05, 0) is 31.0 Å². The van der Waals surface area contributed by atoms with Gasteiger partial charge in [0.25, 0.3) is 5.91 Å². The van der Waals surface area contributed by atoms with Crippen molar-refractivity contribution in [1.29, 1.82) is 0 Å². The van der Waals surface area contributed by atoms with Crippen LogP contribution in [0.4, 0.5) is 10.1 Å². The zero-order valence-corrected chi connectivity index (χ0v) is 12.7. The van der Waals surface area contributed by atoms with Gasteiger partial charge in [0, 0.05) is 5.92 Å². The predicted octanol–water partition coefficient (Wildman–Crippen LogP) is -0.341. The summed E-state index contributed by atoms with van der Waals surface area (Å²) >= 11 is 0. The van der Waals surface area contributed by atoms with Crippen LogP contribution < -0.4 is 14.8 Å². The quantitative estimate of drug-likeness (QED) is 0.638. The number of nitrogens with two attached hydrogens (primary N) is 1. The first kappa shape index (κ1) is 15.6. The fourth-order valence-corrected chi connectivity index (χ4v) is 3.55. The maximum Gasteiger partial charge on any atom is 0.326 e. The number of anilines is 1. The number of hydrogen-bond acceptors (Lipinski definition) is 5. The number of halogens is 1. The standard InChI is InChI=1S/C14H14FN3O4S/c15-13-8(1-2-9-5-10(9)6-16)3-4-11(19)14(13)18-7-12(20)17-23(18,21)22/h3-4,9-10,19H,5-7,16H2,(H,17,20)/t9-,10+/m1/s1. The van der Waals surface area contributed by atoms with E-state index in [0.717, 1.165) is 12.5 Å². The van der Waals surface area contributed by atoms with E-state index in [1.54, 1.807) is 4.72 Å². The van der Waals surface area contributed by atoms with Gasteiger partial charge in [0.05, 0.1) is 5.56 Å². The molecule has 122 valence electrons. The van der Waals surface area contributed by atoms with Crippen molar-refractivity contribution >= 4 is 21.8 Å². The molecule has 9 heteroatoms. The Bertz CT molecular complexity index is 844. The normalized spacial score (nSPS) is 24.8. The van der Waals surface area contributed by atoms with Crippen molar-refractivity contribution in [3.8, 4) is 17.6 Å². The van der Waals surface area contributed by atoms with Crippen LogP contribution in [0.2, 0.25) is 0 Å². The smallest absolute Gasteiger partial charge is 0.326 e. The van der Waals surface area contributed by atoms with Gasteiger partial charge in [-0.15, -0.1) is 0 Å². The average Bonchev–Trinajstić information content (AvgIpc) is 3.17. The molecule has 2 aliphatic rings. The van der Waals surface area contributed by atoms with Gasteiger partial charge in [-0.2, -0.15) is 8.42 Å². The van der Waals surface area contributed by atoms with Crippen molar-refractivity contribution in [3.05, 3.63) is 23.5 Å². The third kappa shape index (κ3) is 2.83. The molecule has 1 saturated carbocycles. The molecule has 1 aliphatic carbocycles. The Morgan fingerprint density at radius 1 is 1.48 bits per heavy atom. The van der Waals surface area contributed by atoms with Crippen LogP contribution in [-0.4, -0.2) is 32.5 Å². The molecule has 0 aromatic heterocycles. The number of nitrogens with zero attached hydrogens (tertiary/aromatic N) is 1. The lowest BCUT2D eigenvalue weighted by Crippen LogP contribution is -2.30. The number of phenols is 1. The molecule has 0 unspecified atom stereocenters. The zero-order valence-electron chi connectivity index (χ0n) is 11.9. The third-order valence-corrected chi connectivity index (χ3v) is 5.16. The summed E-state index contributed by atoms with van der Waals surface area (Å²) in [5, 5.41) is 9.81. The molecule has 2 atom stereocenters. The first-order valence-electron chi connectivity index (χ1n) is 6.90. The predicted molar refractivity (Wildman–Crippen MR) is 80.0 cm³/mol. The van der Waals surface area contributed by atoms with Crippen molar-refractivity contribution in [1.82, 2.24) is 4.72 Å². The van der Waals surface area contributed by atoms with Crippen LogP contribution in [0.5, 0.6) is 5.75 Å². The van der Waals surface area contributed by atoms with Gasteiger partial charge in [-0.25, -0.2) is 13.4 Å². The largest absolute Gasteiger partial charge is 0.506 e. The van der Waals surface area contributed by atoms with Gasteiger partial charge < -0.3 is 10.8 Å². The Balaban J connectivity index is 1.98. The molecule has 1 aromatic carbocycles. The van der Waals surface area contributed by atoms with E-state index < -0.39 is 39.9 Å². The summed E-state index contributed by atoms with van der Waals surface area (Å²) in [6.45, 7) is -0.0793. The van der Waals surface area contributed by atoms with Gasteiger partial charge in [0.1, 0.15) is 18.0 Å². The van der Waals surface area contributed by atoms with Crippen molar-refractivity contribution in [2.24, 2.45) is 17.6 Å². The number of amides is 1. The minimum absolute atomic E-state index is 0.0463. The molecule has 1 aromatic rings. The van der Waals surface area contributed by atoms with Crippen LogP contribution in [-0.2, 0) is 15.0 Å². The SMILES string of the molecule is NC[C@@H]1C[C@H]1C#Cc1ccc(O)c(N2CC(=O)NS2(=O)=O)c1F. The second-order valence-corrected chi connectivity index (χ2v) is 7.03. The van der Waals surface area contributed by atoms with Crippen LogP contribution in [0, 0.1) is 29.5 Å². The second-order valence-electron chi connectivity index (χ2n) is 5.44. The van der Waals surface area contributed by atoms with E-state index in [0.29, 0.717) is 16.8 Å². The van der Waals surface area contributed by atoms with Gasteiger partial charge in [-0.3, -0.25) is 4.79 Å². The lowest BCUT2D eigenvalue weighted by atomic mass is 10.1. The van der Waals surface area contributed by atoms with Crippen LogP contribution in [0.3, 0.4) is 0 Å². The number of benzene rings is 1. The van der Waals surface area contributed by atoms with Crippen molar-refractivity contribution < 1.29 is 22.7 Å². The molecular weight excluding hydrogens is 325 g/mol. The summed E-state index contributed by atoms with van der Waals surface area (Å²) in [7, 11) is -4.21. The fraction of sp³-hybridized carbons (Fsp3) is 0.357. The Morgan fingerprint density at radius 2 is 2.22 bits per heavy atom. The molecule has 7 nitrogen and oxygen atoms in total. The number of hydrogen-bond donors (Lipinski definition) is 3. The van der Waals surface area contributed by atoms with E-state index in [4.69, 9.17) is 5.73 Å². The molecule has 3 rings (SSSR count). The summed E-state index contributed by atoms with van der Waals surface area (Å²) in [6.07, 6.45) is 0.856. The highest BCUT2D eigenvalue weighted by Crippen LogP contribution is 2.37. The fourth-order valence-electron chi connectivity index (χ4n) is 2.39. The van der Waals surface area contributed by atoms with E-state index in [2.05, 4.69) is 11.8 Å². The summed E-state index contributed by atoms with van der Waals surface area (Å²) in [5.41, 5.74) is 4.88. The summed E-state index contributed by atoms with van der Waals surface area (Å²) < 4.78 is 40.4. The molecular formula is C14H14FN3O4S. The van der Waals surface area contributed by atoms with Gasteiger partial charge in [0.15, 0.2) is 5.82 Å². The highest BCUT2D eigenvalue weighted by molar-refractivity contribution is 7.92. The Hall–Kier alpha value is -2.31. The summed E-state index contributed by atoms with van der Waals surface area (Å²) in [4.78, 5) is 11.3. The molecule has 1 aliphatic heterocycles. The second kappa shape index (κ2) is 5.40. The monoisotopic (exact) mass is 339 g/mol. The van der Waals surface area contributed by atoms with Crippen molar-refractivity contribution in [3.63, 3.8) is 0 Å². The highest BCUT2D eigenvalue weighted by Gasteiger charge is 2.38. The summed E-state index contributed by atoms with van der Waals surface area (Å²) in [5.74, 6) is 3.58. The topological polar surface area (TPSA) is 113 Å². The maximum atomic E-state index is 14.6. The molecule has 1 saturated heterocycles. The molecule has 1 amide bonds. The number of rotatable bonds is 2. The number of carbonyl (C=O) groups is 1. The van der Waals surface area contributed by atoms with Crippen LogP contribution >= 0.6 is 0 Å². The minimum atomic E-state index is -4.21. The lowest BCUT2D eigenvalue weighted by molar-refractivity contribution is -0.117. The van der Waals surface area contributed by atoms with Gasteiger partial charge in [-0.1, -0.05) is 11.8 Å². The molecule has 2 fully saturated rings. The summed E-state index contributed by atoms with van der Waals surface area (Å²) in [6, 6.07) is 2.41. The van der Waals surface area contributed by atoms with E-state index in [1.807, 2.05) is 0 Å². The highest BCUT2D eigenvalue weighted by atomic mass is 32.2. The molecule has 23 heavy (non-hydrogen) atoms.